The molecule has 0 spiro atoms. The summed E-state index contributed by atoms with van der Waals surface area (Å²) in [4.78, 5) is 11.6. The summed E-state index contributed by atoms with van der Waals surface area (Å²) in [5, 5.41) is 0.655. The van der Waals surface area contributed by atoms with Gasteiger partial charge in [0.25, 0.3) is 0 Å². The summed E-state index contributed by atoms with van der Waals surface area (Å²) in [5.74, 6) is 0.411. The molecule has 2 N–H and O–H groups in total. The van der Waals surface area contributed by atoms with Crippen LogP contribution in [0.3, 0.4) is 0 Å². The topological polar surface area (TPSA) is 43.1 Å². The van der Waals surface area contributed by atoms with Gasteiger partial charge in [0.05, 0.1) is 0 Å². The minimum atomic E-state index is 0.0739. The number of carbonyl (C=O) groups is 1. The predicted molar refractivity (Wildman–Crippen MR) is 63.2 cm³/mol. The summed E-state index contributed by atoms with van der Waals surface area (Å²) in [6.45, 7) is 0. The van der Waals surface area contributed by atoms with Gasteiger partial charge in [-0.15, -0.1) is 11.6 Å². The summed E-state index contributed by atoms with van der Waals surface area (Å²) < 4.78 is 0. The van der Waals surface area contributed by atoms with Gasteiger partial charge in [-0.2, -0.15) is 0 Å². The Morgan fingerprint density at radius 2 is 2.21 bits per heavy atom. The van der Waals surface area contributed by atoms with Gasteiger partial charge in [0.15, 0.2) is 5.78 Å². The molecule has 0 atom stereocenters. The smallest absolute Gasteiger partial charge is 0.164 e. The number of halogens is 2. The highest BCUT2D eigenvalue weighted by molar-refractivity contribution is 9.09. The molecule has 1 aromatic carbocycles. The van der Waals surface area contributed by atoms with Gasteiger partial charge in [0.1, 0.15) is 0 Å². The SMILES string of the molecule is Nc1ccc(CCl)c(C(=O)CCBr)c1. The van der Waals surface area contributed by atoms with Gasteiger partial charge < -0.3 is 5.73 Å². The van der Waals surface area contributed by atoms with E-state index in [1.165, 1.54) is 0 Å². The first kappa shape index (κ1) is 11.5. The van der Waals surface area contributed by atoms with Gasteiger partial charge in [-0.25, -0.2) is 0 Å². The third-order valence-electron chi connectivity index (χ3n) is 1.90. The second-order valence-electron chi connectivity index (χ2n) is 2.91. The van der Waals surface area contributed by atoms with E-state index in [-0.39, 0.29) is 5.78 Å². The molecule has 0 fully saturated rings. The summed E-state index contributed by atoms with van der Waals surface area (Å²) in [6, 6.07) is 5.23. The van der Waals surface area contributed by atoms with Crippen molar-refractivity contribution in [1.82, 2.24) is 0 Å². The van der Waals surface area contributed by atoms with Crippen molar-refractivity contribution in [3.05, 3.63) is 29.3 Å². The van der Waals surface area contributed by atoms with E-state index in [0.717, 1.165) is 5.56 Å². The Bertz CT molecular complexity index is 341. The molecular weight excluding hydrogens is 265 g/mol. The van der Waals surface area contributed by atoms with Gasteiger partial charge in [-0.3, -0.25) is 4.79 Å². The minimum Gasteiger partial charge on any atom is -0.399 e. The largest absolute Gasteiger partial charge is 0.399 e. The standard InChI is InChI=1S/C10H11BrClNO/c11-4-3-10(14)9-5-8(13)2-1-7(9)6-12/h1-2,5H,3-4,6,13H2. The van der Waals surface area contributed by atoms with Crippen molar-refractivity contribution in [3.8, 4) is 0 Å². The van der Waals surface area contributed by atoms with Gasteiger partial charge in [0, 0.05) is 28.9 Å². The minimum absolute atomic E-state index is 0.0739. The van der Waals surface area contributed by atoms with Crippen LogP contribution in [0.1, 0.15) is 22.3 Å². The first-order chi connectivity index (χ1) is 6.69. The maximum Gasteiger partial charge on any atom is 0.164 e. The van der Waals surface area contributed by atoms with Gasteiger partial charge in [-0.1, -0.05) is 22.0 Å². The van der Waals surface area contributed by atoms with E-state index in [1.54, 1.807) is 18.2 Å². The molecule has 2 nitrogen and oxygen atoms in total. The van der Waals surface area contributed by atoms with Crippen LogP contribution in [0.2, 0.25) is 0 Å². The number of hydrogen-bond donors (Lipinski definition) is 1. The molecule has 0 saturated carbocycles. The average molecular weight is 277 g/mol. The molecule has 0 radical (unpaired) electrons. The highest BCUT2D eigenvalue weighted by atomic mass is 79.9. The molecule has 0 heterocycles. The highest BCUT2D eigenvalue weighted by Crippen LogP contribution is 2.17. The Morgan fingerprint density at radius 3 is 2.79 bits per heavy atom. The van der Waals surface area contributed by atoms with Gasteiger partial charge in [-0.05, 0) is 17.7 Å². The summed E-state index contributed by atoms with van der Waals surface area (Å²) in [7, 11) is 0. The Kier molecular flexibility index (Phi) is 4.42. The van der Waals surface area contributed by atoms with Crippen molar-refractivity contribution >= 4 is 39.0 Å². The normalized spacial score (nSPS) is 10.1. The number of carbonyl (C=O) groups excluding carboxylic acids is 1. The number of nitrogens with two attached hydrogens (primary N) is 1. The number of anilines is 1. The van der Waals surface area contributed by atoms with Crippen LogP contribution in [0.25, 0.3) is 0 Å². The predicted octanol–water partition coefficient (Wildman–Crippen LogP) is 2.98. The average Bonchev–Trinajstić information content (AvgIpc) is 2.18. The molecule has 76 valence electrons. The van der Waals surface area contributed by atoms with Crippen LogP contribution < -0.4 is 5.73 Å². The fraction of sp³-hybridized carbons (Fsp3) is 0.300. The van der Waals surface area contributed by atoms with Crippen LogP contribution in [0.5, 0.6) is 0 Å². The van der Waals surface area contributed by atoms with Crippen LogP contribution >= 0.6 is 27.5 Å². The molecule has 0 aromatic heterocycles. The molecular formula is C10H11BrClNO. The summed E-state index contributed by atoms with van der Waals surface area (Å²) in [5.41, 5.74) is 7.68. The molecule has 0 aliphatic heterocycles. The number of Topliss-reactive ketones (excluding diaryl/α,β-unsaturated/α-hetero) is 1. The fourth-order valence-electron chi connectivity index (χ4n) is 1.19. The maximum atomic E-state index is 11.6. The first-order valence-corrected chi connectivity index (χ1v) is 5.88. The van der Waals surface area contributed by atoms with E-state index >= 15 is 0 Å². The van der Waals surface area contributed by atoms with E-state index in [2.05, 4.69) is 15.9 Å². The van der Waals surface area contributed by atoms with Crippen LogP contribution in [0.15, 0.2) is 18.2 Å². The fourth-order valence-corrected chi connectivity index (χ4v) is 1.78. The van der Waals surface area contributed by atoms with Crippen molar-refractivity contribution in [2.75, 3.05) is 11.1 Å². The molecule has 0 aliphatic rings. The maximum absolute atomic E-state index is 11.6. The number of alkyl halides is 2. The van der Waals surface area contributed by atoms with Gasteiger partial charge >= 0.3 is 0 Å². The summed E-state index contributed by atoms with van der Waals surface area (Å²) >= 11 is 8.95. The number of ketones is 1. The molecule has 1 aromatic rings. The molecule has 0 aliphatic carbocycles. The van der Waals surface area contributed by atoms with E-state index < -0.39 is 0 Å². The van der Waals surface area contributed by atoms with Crippen molar-refractivity contribution in [2.45, 2.75) is 12.3 Å². The second-order valence-corrected chi connectivity index (χ2v) is 3.97. The molecule has 0 amide bonds. The van der Waals surface area contributed by atoms with Crippen LogP contribution in [-0.4, -0.2) is 11.1 Å². The van der Waals surface area contributed by atoms with Crippen LogP contribution in [0.4, 0.5) is 5.69 Å². The van der Waals surface area contributed by atoms with Crippen molar-refractivity contribution < 1.29 is 4.79 Å². The zero-order valence-corrected chi connectivity index (χ0v) is 9.94. The number of rotatable bonds is 4. The lowest BCUT2D eigenvalue weighted by Crippen LogP contribution is -2.04. The monoisotopic (exact) mass is 275 g/mol. The quantitative estimate of drug-likeness (QED) is 0.522. The van der Waals surface area contributed by atoms with E-state index in [1.807, 2.05) is 0 Å². The molecule has 1 rings (SSSR count). The molecule has 0 saturated heterocycles. The lowest BCUT2D eigenvalue weighted by molar-refractivity contribution is 0.0989. The van der Waals surface area contributed by atoms with Crippen molar-refractivity contribution in [2.24, 2.45) is 0 Å². The van der Waals surface area contributed by atoms with Crippen molar-refractivity contribution in [1.29, 1.82) is 0 Å². The third kappa shape index (κ3) is 2.72. The van der Waals surface area contributed by atoms with Crippen molar-refractivity contribution in [3.63, 3.8) is 0 Å². The third-order valence-corrected chi connectivity index (χ3v) is 2.58. The second kappa shape index (κ2) is 5.37. The first-order valence-electron chi connectivity index (χ1n) is 4.22. The zero-order valence-electron chi connectivity index (χ0n) is 7.59. The van der Waals surface area contributed by atoms with E-state index in [9.17, 15) is 4.79 Å². The van der Waals surface area contributed by atoms with Crippen LogP contribution in [-0.2, 0) is 5.88 Å². The molecule has 0 unspecified atom stereocenters. The highest BCUT2D eigenvalue weighted by Gasteiger charge is 2.10. The lowest BCUT2D eigenvalue weighted by atomic mass is 10.0. The summed E-state index contributed by atoms with van der Waals surface area (Å²) in [6.07, 6.45) is 0.466. The van der Waals surface area contributed by atoms with E-state index in [0.29, 0.717) is 28.9 Å². The lowest BCUT2D eigenvalue weighted by Gasteiger charge is -2.06. The Morgan fingerprint density at radius 1 is 1.50 bits per heavy atom. The Labute approximate surface area is 96.6 Å². The molecule has 14 heavy (non-hydrogen) atoms. The number of nitrogen functional groups attached to an aromatic ring is 1. The molecule has 0 bridgehead atoms. The zero-order chi connectivity index (χ0) is 10.6. The van der Waals surface area contributed by atoms with Crippen LogP contribution in [0, 0.1) is 0 Å². The Hall–Kier alpha value is -0.540. The number of hydrogen-bond acceptors (Lipinski definition) is 2. The van der Waals surface area contributed by atoms with E-state index in [4.69, 9.17) is 17.3 Å². The van der Waals surface area contributed by atoms with Gasteiger partial charge in [0.2, 0.25) is 0 Å². The molecule has 4 heteroatoms. The Balaban J connectivity index is 3.03. The number of benzene rings is 1.